The third-order valence-electron chi connectivity index (χ3n) is 4.11. The highest BCUT2D eigenvalue weighted by Gasteiger charge is 2.31. The lowest BCUT2D eigenvalue weighted by Gasteiger charge is -2.10. The number of halogens is 5. The van der Waals surface area contributed by atoms with Gasteiger partial charge in [-0.1, -0.05) is 40.5 Å². The van der Waals surface area contributed by atoms with Gasteiger partial charge in [-0.15, -0.1) is 0 Å². The molecule has 1 heterocycles. The molecule has 7 nitrogen and oxygen atoms in total. The van der Waals surface area contributed by atoms with Crippen molar-refractivity contribution in [2.75, 3.05) is 6.54 Å². The Kier molecular flexibility index (Phi) is 7.05. The Balaban J connectivity index is 1.59. The molecule has 2 aromatic carbocycles. The molecule has 1 N–H and O–H groups in total. The number of aromatic nitrogens is 2. The highest BCUT2D eigenvalue weighted by molar-refractivity contribution is 6.36. The van der Waals surface area contributed by atoms with Gasteiger partial charge in [0, 0.05) is 10.6 Å². The highest BCUT2D eigenvalue weighted by atomic mass is 35.5. The van der Waals surface area contributed by atoms with E-state index in [-0.39, 0.29) is 27.9 Å². The molecule has 1 atom stereocenters. The minimum atomic E-state index is -4.52. The van der Waals surface area contributed by atoms with Gasteiger partial charge in [-0.2, -0.15) is 18.2 Å². The number of carbonyl (C=O) groups is 2. The molecule has 0 saturated carbocycles. The normalized spacial score (nSPS) is 12.3. The number of hydrogen-bond donors (Lipinski definition) is 1. The Hall–Kier alpha value is -3.11. The van der Waals surface area contributed by atoms with Crippen LogP contribution in [0.4, 0.5) is 13.2 Å². The molecule has 0 bridgehead atoms. The van der Waals surface area contributed by atoms with Crippen molar-refractivity contribution in [3.05, 3.63) is 69.5 Å². The number of nitrogens with one attached hydrogen (secondary N) is 1. The number of benzene rings is 2. The van der Waals surface area contributed by atoms with Crippen molar-refractivity contribution in [2.24, 2.45) is 0 Å². The van der Waals surface area contributed by atoms with Crippen LogP contribution in [0.2, 0.25) is 10.0 Å². The van der Waals surface area contributed by atoms with E-state index in [1.165, 1.54) is 37.3 Å². The number of esters is 1. The summed E-state index contributed by atoms with van der Waals surface area (Å²) in [5.41, 5.74) is -0.655. The SMILES string of the molecule is CC(OC(=O)CNC(=O)c1ccc(Cl)cc1Cl)c1nc(-c2cccc(C(F)(F)F)c2)no1. The Labute approximate surface area is 189 Å². The zero-order chi connectivity index (χ0) is 23.5. The average molecular weight is 488 g/mol. The second-order valence-electron chi connectivity index (χ2n) is 6.47. The molecule has 168 valence electrons. The van der Waals surface area contributed by atoms with Gasteiger partial charge in [-0.25, -0.2) is 0 Å². The number of rotatable bonds is 6. The summed E-state index contributed by atoms with van der Waals surface area (Å²) in [5.74, 6) is -1.65. The predicted molar refractivity (Wildman–Crippen MR) is 108 cm³/mol. The minimum absolute atomic E-state index is 0.0838. The lowest BCUT2D eigenvalue weighted by molar-refractivity contribution is -0.148. The van der Waals surface area contributed by atoms with Crippen LogP contribution in [0.15, 0.2) is 47.0 Å². The largest absolute Gasteiger partial charge is 0.451 e. The summed E-state index contributed by atoms with van der Waals surface area (Å²) in [6, 6.07) is 8.66. The first kappa shape index (κ1) is 23.6. The van der Waals surface area contributed by atoms with Gasteiger partial charge in [-0.3, -0.25) is 9.59 Å². The van der Waals surface area contributed by atoms with Crippen LogP contribution in [0.25, 0.3) is 11.4 Å². The van der Waals surface area contributed by atoms with Crippen LogP contribution in [0.1, 0.15) is 34.8 Å². The van der Waals surface area contributed by atoms with Crippen molar-refractivity contribution in [1.82, 2.24) is 15.5 Å². The van der Waals surface area contributed by atoms with Crippen LogP contribution in [0.3, 0.4) is 0 Å². The van der Waals surface area contributed by atoms with Gasteiger partial charge in [0.25, 0.3) is 11.8 Å². The quantitative estimate of drug-likeness (QED) is 0.486. The van der Waals surface area contributed by atoms with Crippen LogP contribution in [-0.2, 0) is 15.7 Å². The second-order valence-corrected chi connectivity index (χ2v) is 7.32. The minimum Gasteiger partial charge on any atom is -0.451 e. The zero-order valence-electron chi connectivity index (χ0n) is 16.2. The summed E-state index contributed by atoms with van der Waals surface area (Å²) in [5, 5.41) is 6.45. The van der Waals surface area contributed by atoms with Gasteiger partial charge in [-0.05, 0) is 37.3 Å². The van der Waals surface area contributed by atoms with E-state index in [4.69, 9.17) is 32.5 Å². The summed E-state index contributed by atoms with van der Waals surface area (Å²) in [4.78, 5) is 28.1. The maximum Gasteiger partial charge on any atom is 0.416 e. The van der Waals surface area contributed by atoms with Crippen molar-refractivity contribution < 1.29 is 32.0 Å². The fourth-order valence-electron chi connectivity index (χ4n) is 2.56. The van der Waals surface area contributed by atoms with Gasteiger partial charge < -0.3 is 14.6 Å². The molecular formula is C20H14Cl2F3N3O4. The molecule has 3 rings (SSSR count). The number of ether oxygens (including phenoxy) is 1. The molecule has 0 aliphatic heterocycles. The van der Waals surface area contributed by atoms with Crippen molar-refractivity contribution in [3.63, 3.8) is 0 Å². The van der Waals surface area contributed by atoms with Crippen molar-refractivity contribution in [3.8, 4) is 11.4 Å². The summed E-state index contributed by atoms with van der Waals surface area (Å²) < 4.78 is 48.7. The van der Waals surface area contributed by atoms with Crippen molar-refractivity contribution in [2.45, 2.75) is 19.2 Å². The number of alkyl halides is 3. The molecule has 1 amide bonds. The molecule has 0 fully saturated rings. The summed E-state index contributed by atoms with van der Waals surface area (Å²) in [6.45, 7) is 0.954. The summed E-state index contributed by atoms with van der Waals surface area (Å²) in [7, 11) is 0. The van der Waals surface area contributed by atoms with E-state index in [0.717, 1.165) is 12.1 Å². The Morgan fingerprint density at radius 1 is 1.19 bits per heavy atom. The van der Waals surface area contributed by atoms with E-state index in [2.05, 4.69) is 15.5 Å². The maximum atomic E-state index is 12.9. The zero-order valence-corrected chi connectivity index (χ0v) is 17.8. The molecule has 0 saturated heterocycles. The van der Waals surface area contributed by atoms with Crippen molar-refractivity contribution in [1.29, 1.82) is 0 Å². The fourth-order valence-corrected chi connectivity index (χ4v) is 3.06. The molecule has 1 unspecified atom stereocenters. The molecule has 3 aromatic rings. The number of hydrogen-bond acceptors (Lipinski definition) is 6. The maximum absolute atomic E-state index is 12.9. The predicted octanol–water partition coefficient (Wildman–Crippen LogP) is 5.10. The van der Waals surface area contributed by atoms with E-state index in [1.807, 2.05) is 0 Å². The van der Waals surface area contributed by atoms with Crippen LogP contribution in [0, 0.1) is 0 Å². The Morgan fingerprint density at radius 3 is 2.62 bits per heavy atom. The van der Waals surface area contributed by atoms with Crippen LogP contribution in [0.5, 0.6) is 0 Å². The third-order valence-corrected chi connectivity index (χ3v) is 4.66. The Morgan fingerprint density at radius 2 is 1.94 bits per heavy atom. The summed E-state index contributed by atoms with van der Waals surface area (Å²) >= 11 is 11.7. The van der Waals surface area contributed by atoms with Crippen molar-refractivity contribution >= 4 is 35.1 Å². The smallest absolute Gasteiger partial charge is 0.416 e. The van der Waals surface area contributed by atoms with E-state index in [0.29, 0.717) is 5.02 Å². The lowest BCUT2D eigenvalue weighted by Crippen LogP contribution is -2.31. The van der Waals surface area contributed by atoms with Gasteiger partial charge >= 0.3 is 12.1 Å². The lowest BCUT2D eigenvalue weighted by atomic mass is 10.1. The molecule has 0 aliphatic rings. The van der Waals surface area contributed by atoms with Crippen LogP contribution >= 0.6 is 23.2 Å². The fraction of sp³-hybridized carbons (Fsp3) is 0.200. The Bertz CT molecular complexity index is 1150. The van der Waals surface area contributed by atoms with Crippen LogP contribution < -0.4 is 5.32 Å². The molecule has 0 aliphatic carbocycles. The van der Waals surface area contributed by atoms with Gasteiger partial charge in [0.1, 0.15) is 6.54 Å². The summed E-state index contributed by atoms with van der Waals surface area (Å²) in [6.07, 6.45) is -5.53. The molecule has 0 radical (unpaired) electrons. The molecular weight excluding hydrogens is 474 g/mol. The second kappa shape index (κ2) is 9.58. The van der Waals surface area contributed by atoms with E-state index < -0.39 is 36.3 Å². The van der Waals surface area contributed by atoms with E-state index in [1.54, 1.807) is 0 Å². The number of nitrogens with zero attached hydrogens (tertiary/aromatic N) is 2. The standard InChI is InChI=1S/C20H14Cl2F3N3O4/c1-10(31-16(29)9-26-18(30)14-6-5-13(21)8-15(14)22)19-27-17(28-32-19)11-3-2-4-12(7-11)20(23,24)25/h2-8,10H,9H2,1H3,(H,26,30). The highest BCUT2D eigenvalue weighted by Crippen LogP contribution is 2.31. The first-order chi connectivity index (χ1) is 15.0. The van der Waals surface area contributed by atoms with Gasteiger partial charge in [0.15, 0.2) is 6.10 Å². The molecule has 32 heavy (non-hydrogen) atoms. The topological polar surface area (TPSA) is 94.3 Å². The van der Waals surface area contributed by atoms with Crippen LogP contribution in [-0.4, -0.2) is 28.6 Å². The van der Waals surface area contributed by atoms with Gasteiger partial charge in [0.2, 0.25) is 5.82 Å². The first-order valence-electron chi connectivity index (χ1n) is 8.98. The van der Waals surface area contributed by atoms with E-state index in [9.17, 15) is 22.8 Å². The molecule has 12 heteroatoms. The molecule has 1 aromatic heterocycles. The number of carbonyl (C=O) groups excluding carboxylic acids is 2. The first-order valence-corrected chi connectivity index (χ1v) is 9.74. The van der Waals surface area contributed by atoms with E-state index >= 15 is 0 Å². The monoisotopic (exact) mass is 487 g/mol. The van der Waals surface area contributed by atoms with Gasteiger partial charge in [0.05, 0.1) is 16.1 Å². The third kappa shape index (κ3) is 5.77. The molecule has 0 spiro atoms. The average Bonchev–Trinajstić information content (AvgIpc) is 3.22. The number of amides is 1.